The summed E-state index contributed by atoms with van der Waals surface area (Å²) in [5.41, 5.74) is 8.72. The van der Waals surface area contributed by atoms with Crippen molar-refractivity contribution in [2.75, 3.05) is 0 Å². The molecule has 0 fully saturated rings. The standard InChI is InChI=1S/C35H24N2S/c1-23-18-32(37-35(36-23)26-16-17-31-30-14-8-9-15-33(30)38-34(31)22-26)29-20-27(24-10-4-2-5-11-24)19-28(21-29)25-12-6-3-7-13-25/h2-22H,1H3. The Morgan fingerprint density at radius 1 is 0.447 bits per heavy atom. The van der Waals surface area contributed by atoms with Gasteiger partial charge in [-0.1, -0.05) is 91.0 Å². The van der Waals surface area contributed by atoms with E-state index < -0.39 is 0 Å². The minimum absolute atomic E-state index is 0.755. The van der Waals surface area contributed by atoms with Crippen LogP contribution in [0.3, 0.4) is 0 Å². The van der Waals surface area contributed by atoms with Gasteiger partial charge in [0, 0.05) is 37.0 Å². The molecule has 0 radical (unpaired) electrons. The van der Waals surface area contributed by atoms with Crippen LogP contribution in [0.2, 0.25) is 0 Å². The molecule has 0 spiro atoms. The third-order valence-electron chi connectivity index (χ3n) is 6.93. The summed E-state index contributed by atoms with van der Waals surface area (Å²) in [4.78, 5) is 9.94. The Labute approximate surface area is 225 Å². The summed E-state index contributed by atoms with van der Waals surface area (Å²) < 4.78 is 2.56. The number of aromatic nitrogens is 2. The van der Waals surface area contributed by atoms with Crippen molar-refractivity contribution in [1.82, 2.24) is 9.97 Å². The average molecular weight is 505 g/mol. The second kappa shape index (κ2) is 9.37. The number of fused-ring (bicyclic) bond motifs is 3. The van der Waals surface area contributed by atoms with Crippen LogP contribution in [0, 0.1) is 6.92 Å². The molecule has 7 aromatic rings. The molecule has 0 saturated heterocycles. The average Bonchev–Trinajstić information content (AvgIpc) is 3.35. The molecule has 7 rings (SSSR count). The molecule has 0 N–H and O–H groups in total. The maximum absolute atomic E-state index is 5.10. The van der Waals surface area contributed by atoms with Crippen LogP contribution in [-0.2, 0) is 0 Å². The van der Waals surface area contributed by atoms with Gasteiger partial charge in [0.15, 0.2) is 5.82 Å². The fraction of sp³-hybridized carbons (Fsp3) is 0.0286. The third-order valence-corrected chi connectivity index (χ3v) is 8.07. The van der Waals surface area contributed by atoms with Crippen molar-refractivity contribution in [3.8, 4) is 44.9 Å². The highest BCUT2D eigenvalue weighted by Gasteiger charge is 2.13. The molecule has 0 saturated carbocycles. The van der Waals surface area contributed by atoms with E-state index in [-0.39, 0.29) is 0 Å². The van der Waals surface area contributed by atoms with Gasteiger partial charge in [-0.25, -0.2) is 9.97 Å². The summed E-state index contributed by atoms with van der Waals surface area (Å²) in [5, 5.41) is 2.58. The Kier molecular flexibility index (Phi) is 5.57. The highest BCUT2D eigenvalue weighted by atomic mass is 32.1. The van der Waals surface area contributed by atoms with Crippen molar-refractivity contribution in [1.29, 1.82) is 0 Å². The van der Waals surface area contributed by atoms with Crippen LogP contribution in [0.1, 0.15) is 5.69 Å². The molecule has 0 atom stereocenters. The summed E-state index contributed by atoms with van der Waals surface area (Å²) in [7, 11) is 0. The zero-order valence-corrected chi connectivity index (χ0v) is 21.7. The monoisotopic (exact) mass is 504 g/mol. The molecule has 0 amide bonds. The molecular weight excluding hydrogens is 480 g/mol. The summed E-state index contributed by atoms with van der Waals surface area (Å²) in [6.07, 6.45) is 0. The zero-order valence-electron chi connectivity index (χ0n) is 20.9. The van der Waals surface area contributed by atoms with E-state index >= 15 is 0 Å². The van der Waals surface area contributed by atoms with Crippen molar-refractivity contribution in [3.63, 3.8) is 0 Å². The minimum Gasteiger partial charge on any atom is -0.233 e. The van der Waals surface area contributed by atoms with E-state index in [9.17, 15) is 0 Å². The summed E-state index contributed by atoms with van der Waals surface area (Å²) in [6, 6.07) is 45.1. The van der Waals surface area contributed by atoms with E-state index in [4.69, 9.17) is 9.97 Å². The largest absolute Gasteiger partial charge is 0.233 e. The molecule has 180 valence electrons. The maximum Gasteiger partial charge on any atom is 0.160 e. The van der Waals surface area contributed by atoms with Gasteiger partial charge in [-0.2, -0.15) is 0 Å². The Morgan fingerprint density at radius 2 is 1.05 bits per heavy atom. The number of aryl methyl sites for hydroxylation is 1. The SMILES string of the molecule is Cc1cc(-c2cc(-c3ccccc3)cc(-c3ccccc3)c2)nc(-c2ccc3c(c2)sc2ccccc23)n1. The molecule has 2 heterocycles. The van der Waals surface area contributed by atoms with Gasteiger partial charge >= 0.3 is 0 Å². The highest BCUT2D eigenvalue weighted by Crippen LogP contribution is 2.37. The number of hydrogen-bond donors (Lipinski definition) is 0. The van der Waals surface area contributed by atoms with Crippen LogP contribution in [0.4, 0.5) is 0 Å². The first kappa shape index (κ1) is 22.6. The lowest BCUT2D eigenvalue weighted by Crippen LogP contribution is -1.96. The van der Waals surface area contributed by atoms with Crippen molar-refractivity contribution in [2.45, 2.75) is 6.92 Å². The van der Waals surface area contributed by atoms with Gasteiger partial charge in [-0.3, -0.25) is 0 Å². The predicted molar refractivity (Wildman–Crippen MR) is 161 cm³/mol. The number of hydrogen-bond acceptors (Lipinski definition) is 3. The second-order valence-electron chi connectivity index (χ2n) is 9.56. The van der Waals surface area contributed by atoms with E-state index in [0.29, 0.717) is 0 Å². The molecule has 38 heavy (non-hydrogen) atoms. The van der Waals surface area contributed by atoms with Crippen LogP contribution in [0.25, 0.3) is 65.1 Å². The highest BCUT2D eigenvalue weighted by molar-refractivity contribution is 7.25. The topological polar surface area (TPSA) is 25.8 Å². The smallest absolute Gasteiger partial charge is 0.160 e. The van der Waals surface area contributed by atoms with E-state index in [1.165, 1.54) is 42.4 Å². The van der Waals surface area contributed by atoms with Crippen molar-refractivity contribution >= 4 is 31.5 Å². The summed E-state index contributed by atoms with van der Waals surface area (Å²) in [6.45, 7) is 2.05. The number of benzene rings is 5. The molecule has 0 aliphatic heterocycles. The Hall–Kier alpha value is -4.60. The number of nitrogens with zero attached hydrogens (tertiary/aromatic N) is 2. The van der Waals surface area contributed by atoms with E-state index in [1.807, 2.05) is 18.3 Å². The molecule has 0 aliphatic carbocycles. The Morgan fingerprint density at radius 3 is 1.76 bits per heavy atom. The van der Waals surface area contributed by atoms with Gasteiger partial charge in [0.25, 0.3) is 0 Å². The quantitative estimate of drug-likeness (QED) is 0.238. The van der Waals surface area contributed by atoms with E-state index in [0.717, 1.165) is 28.3 Å². The fourth-order valence-corrected chi connectivity index (χ4v) is 6.23. The van der Waals surface area contributed by atoms with Gasteiger partial charge in [0.05, 0.1) is 5.69 Å². The molecule has 3 heteroatoms. The van der Waals surface area contributed by atoms with E-state index in [2.05, 4.69) is 127 Å². The van der Waals surface area contributed by atoms with Crippen LogP contribution >= 0.6 is 11.3 Å². The first-order chi connectivity index (χ1) is 18.7. The van der Waals surface area contributed by atoms with Crippen LogP contribution in [-0.4, -0.2) is 9.97 Å². The Balaban J connectivity index is 1.38. The van der Waals surface area contributed by atoms with Crippen molar-refractivity contribution in [2.24, 2.45) is 0 Å². The van der Waals surface area contributed by atoms with Gasteiger partial charge < -0.3 is 0 Å². The van der Waals surface area contributed by atoms with Crippen LogP contribution in [0.5, 0.6) is 0 Å². The number of thiophene rings is 1. The maximum atomic E-state index is 5.10. The second-order valence-corrected chi connectivity index (χ2v) is 10.6. The molecule has 0 unspecified atom stereocenters. The minimum atomic E-state index is 0.755. The molecule has 0 bridgehead atoms. The van der Waals surface area contributed by atoms with Gasteiger partial charge in [-0.05, 0) is 65.6 Å². The lowest BCUT2D eigenvalue weighted by Gasteiger charge is -2.12. The Bertz CT molecular complexity index is 1860. The lowest BCUT2D eigenvalue weighted by atomic mass is 9.95. The summed E-state index contributed by atoms with van der Waals surface area (Å²) >= 11 is 1.82. The predicted octanol–water partition coefficient (Wildman–Crippen LogP) is 9.82. The summed E-state index contributed by atoms with van der Waals surface area (Å²) in [5.74, 6) is 0.755. The fourth-order valence-electron chi connectivity index (χ4n) is 5.08. The van der Waals surface area contributed by atoms with Crippen molar-refractivity contribution < 1.29 is 0 Å². The van der Waals surface area contributed by atoms with Gasteiger partial charge in [0.1, 0.15) is 0 Å². The first-order valence-corrected chi connectivity index (χ1v) is 13.6. The van der Waals surface area contributed by atoms with E-state index in [1.54, 1.807) is 0 Å². The van der Waals surface area contributed by atoms with Crippen LogP contribution in [0.15, 0.2) is 127 Å². The van der Waals surface area contributed by atoms with Gasteiger partial charge in [0.2, 0.25) is 0 Å². The lowest BCUT2D eigenvalue weighted by molar-refractivity contribution is 1.12. The zero-order chi connectivity index (χ0) is 25.5. The molecule has 0 aliphatic rings. The van der Waals surface area contributed by atoms with Crippen molar-refractivity contribution in [3.05, 3.63) is 133 Å². The first-order valence-electron chi connectivity index (χ1n) is 12.7. The number of rotatable bonds is 4. The molecular formula is C35H24N2S. The normalized spacial score (nSPS) is 11.3. The molecule has 2 aromatic heterocycles. The van der Waals surface area contributed by atoms with Crippen LogP contribution < -0.4 is 0 Å². The third kappa shape index (κ3) is 4.17. The molecule has 2 nitrogen and oxygen atoms in total. The molecule has 5 aromatic carbocycles. The van der Waals surface area contributed by atoms with Gasteiger partial charge in [-0.15, -0.1) is 11.3 Å².